The third-order valence-electron chi connectivity index (χ3n) is 5.16. The SMILES string of the molecule is COc1ccc2c(c1OC)C(=O)N1[C@@H]2SC(C)(C)[C@H]1C(=O)NCc1ccco1. The second kappa shape index (κ2) is 6.77. The summed E-state index contributed by atoms with van der Waals surface area (Å²) in [6.07, 6.45) is 1.56. The smallest absolute Gasteiger partial charge is 0.260 e. The molecule has 1 saturated heterocycles. The Morgan fingerprint density at radius 1 is 1.29 bits per heavy atom. The first kappa shape index (κ1) is 18.7. The lowest BCUT2D eigenvalue weighted by atomic mass is 10.0. The Kier molecular flexibility index (Phi) is 4.53. The van der Waals surface area contributed by atoms with Crippen molar-refractivity contribution in [2.45, 2.75) is 36.6 Å². The standard InChI is InChI=1S/C20H22N2O5S/c1-20(2)16(17(23)21-10-11-6-5-9-27-11)22-18(24)14-12(19(22)28-20)7-8-13(25-3)15(14)26-4/h5-9,16,19H,10H2,1-4H3,(H,21,23)/t16-,19-/m1/s1. The number of benzene rings is 1. The van der Waals surface area contributed by atoms with Gasteiger partial charge in [0.2, 0.25) is 5.91 Å². The van der Waals surface area contributed by atoms with Crippen LogP contribution in [0.2, 0.25) is 0 Å². The molecule has 0 spiro atoms. The number of nitrogens with one attached hydrogen (secondary N) is 1. The lowest BCUT2D eigenvalue weighted by Gasteiger charge is -2.29. The van der Waals surface area contributed by atoms with E-state index in [-0.39, 0.29) is 23.7 Å². The van der Waals surface area contributed by atoms with Crippen molar-refractivity contribution < 1.29 is 23.5 Å². The summed E-state index contributed by atoms with van der Waals surface area (Å²) in [5, 5.41) is 2.66. The van der Waals surface area contributed by atoms with E-state index in [1.807, 2.05) is 19.9 Å². The van der Waals surface area contributed by atoms with Crippen LogP contribution in [0.1, 0.15) is 40.9 Å². The number of ether oxygens (including phenoxy) is 2. The number of fused-ring (bicyclic) bond motifs is 3. The summed E-state index contributed by atoms with van der Waals surface area (Å²) in [7, 11) is 3.05. The van der Waals surface area contributed by atoms with E-state index in [0.29, 0.717) is 22.8 Å². The van der Waals surface area contributed by atoms with Gasteiger partial charge in [-0.05, 0) is 32.0 Å². The number of furan rings is 1. The molecule has 0 aliphatic carbocycles. The van der Waals surface area contributed by atoms with Crippen LogP contribution >= 0.6 is 11.8 Å². The normalized spacial score (nSPS) is 22.0. The minimum atomic E-state index is -0.618. The number of methoxy groups -OCH3 is 2. The van der Waals surface area contributed by atoms with Gasteiger partial charge in [0.05, 0.1) is 32.6 Å². The summed E-state index contributed by atoms with van der Waals surface area (Å²) in [4.78, 5) is 28.1. The second-order valence-electron chi connectivity index (χ2n) is 7.25. The lowest BCUT2D eigenvalue weighted by molar-refractivity contribution is -0.126. The highest BCUT2D eigenvalue weighted by Gasteiger charge is 2.58. The highest BCUT2D eigenvalue weighted by molar-refractivity contribution is 8.01. The maximum absolute atomic E-state index is 13.3. The van der Waals surface area contributed by atoms with Crippen LogP contribution in [0.5, 0.6) is 11.5 Å². The van der Waals surface area contributed by atoms with Crippen LogP contribution in [0.15, 0.2) is 34.9 Å². The Morgan fingerprint density at radius 3 is 2.71 bits per heavy atom. The minimum Gasteiger partial charge on any atom is -0.493 e. The van der Waals surface area contributed by atoms with Gasteiger partial charge in [-0.25, -0.2) is 0 Å². The van der Waals surface area contributed by atoms with Crippen LogP contribution in [0.25, 0.3) is 0 Å². The molecular formula is C20H22N2O5S. The van der Waals surface area contributed by atoms with E-state index < -0.39 is 10.8 Å². The van der Waals surface area contributed by atoms with Crippen LogP contribution in [-0.4, -0.2) is 41.7 Å². The molecule has 0 unspecified atom stereocenters. The highest BCUT2D eigenvalue weighted by atomic mass is 32.2. The second-order valence-corrected chi connectivity index (χ2v) is 8.99. The number of carbonyl (C=O) groups is 2. The molecule has 2 amide bonds. The van der Waals surface area contributed by atoms with Crippen LogP contribution in [0.3, 0.4) is 0 Å². The summed E-state index contributed by atoms with van der Waals surface area (Å²) in [5.41, 5.74) is 1.32. The molecule has 0 saturated carbocycles. The zero-order chi connectivity index (χ0) is 20.1. The van der Waals surface area contributed by atoms with Crippen molar-refractivity contribution in [1.29, 1.82) is 0 Å². The average molecular weight is 402 g/mol. The fraction of sp³-hybridized carbons (Fsp3) is 0.400. The van der Waals surface area contributed by atoms with Crippen molar-refractivity contribution in [3.05, 3.63) is 47.4 Å². The first-order chi connectivity index (χ1) is 13.4. The van der Waals surface area contributed by atoms with Gasteiger partial charge in [0.25, 0.3) is 5.91 Å². The van der Waals surface area contributed by atoms with Gasteiger partial charge < -0.3 is 24.1 Å². The molecule has 28 heavy (non-hydrogen) atoms. The zero-order valence-corrected chi connectivity index (χ0v) is 17.0. The summed E-state index contributed by atoms with van der Waals surface area (Å²) in [6, 6.07) is 6.63. The Morgan fingerprint density at radius 2 is 2.07 bits per heavy atom. The molecule has 0 bridgehead atoms. The molecule has 4 rings (SSSR count). The Balaban J connectivity index is 1.67. The van der Waals surface area contributed by atoms with Crippen LogP contribution in [0, 0.1) is 0 Å². The van der Waals surface area contributed by atoms with E-state index in [1.165, 1.54) is 14.2 Å². The molecule has 1 N–H and O–H groups in total. The van der Waals surface area contributed by atoms with E-state index in [4.69, 9.17) is 13.9 Å². The number of amides is 2. The third kappa shape index (κ3) is 2.74. The van der Waals surface area contributed by atoms with Gasteiger partial charge in [0.1, 0.15) is 17.2 Å². The molecule has 2 aromatic rings. The summed E-state index contributed by atoms with van der Waals surface area (Å²) in [5.74, 6) is 1.15. The number of hydrogen-bond donors (Lipinski definition) is 1. The Labute approximate surface area is 167 Å². The topological polar surface area (TPSA) is 81.0 Å². The van der Waals surface area contributed by atoms with Crippen LogP contribution in [-0.2, 0) is 11.3 Å². The predicted octanol–water partition coefficient (Wildman–Crippen LogP) is 2.96. The van der Waals surface area contributed by atoms with Gasteiger partial charge in [0, 0.05) is 10.3 Å². The van der Waals surface area contributed by atoms with Crippen molar-refractivity contribution in [1.82, 2.24) is 10.2 Å². The van der Waals surface area contributed by atoms with Crippen molar-refractivity contribution >= 4 is 23.6 Å². The van der Waals surface area contributed by atoms with E-state index in [9.17, 15) is 9.59 Å². The predicted molar refractivity (Wildman–Crippen MR) is 104 cm³/mol. The molecular weight excluding hydrogens is 380 g/mol. The van der Waals surface area contributed by atoms with Crippen LogP contribution in [0.4, 0.5) is 0 Å². The first-order valence-electron chi connectivity index (χ1n) is 8.94. The highest BCUT2D eigenvalue weighted by Crippen LogP contribution is 2.58. The number of thioether (sulfide) groups is 1. The third-order valence-corrected chi connectivity index (χ3v) is 6.70. The van der Waals surface area contributed by atoms with Gasteiger partial charge in [-0.1, -0.05) is 6.07 Å². The molecule has 8 heteroatoms. The Hall–Kier alpha value is -2.61. The summed E-state index contributed by atoms with van der Waals surface area (Å²) < 4.78 is 15.6. The molecule has 7 nitrogen and oxygen atoms in total. The fourth-order valence-electron chi connectivity index (χ4n) is 3.94. The molecule has 0 radical (unpaired) electrons. The van der Waals surface area contributed by atoms with Gasteiger partial charge in [-0.2, -0.15) is 0 Å². The number of nitrogens with zero attached hydrogens (tertiary/aromatic N) is 1. The van der Waals surface area contributed by atoms with Gasteiger partial charge in [-0.15, -0.1) is 11.8 Å². The fourth-order valence-corrected chi connectivity index (χ4v) is 5.52. The van der Waals surface area contributed by atoms with Gasteiger partial charge in [0.15, 0.2) is 11.5 Å². The van der Waals surface area contributed by atoms with E-state index in [1.54, 1.807) is 41.1 Å². The van der Waals surface area contributed by atoms with Crippen molar-refractivity contribution in [3.63, 3.8) is 0 Å². The summed E-state index contributed by atoms with van der Waals surface area (Å²) >= 11 is 1.60. The number of rotatable bonds is 5. The zero-order valence-electron chi connectivity index (χ0n) is 16.1. The maximum Gasteiger partial charge on any atom is 0.260 e. The van der Waals surface area contributed by atoms with Gasteiger partial charge in [-0.3, -0.25) is 9.59 Å². The molecule has 2 aliphatic rings. The minimum absolute atomic E-state index is 0.205. The molecule has 1 aromatic heterocycles. The molecule has 1 fully saturated rings. The number of carbonyl (C=O) groups excluding carboxylic acids is 2. The average Bonchev–Trinajstić information content (AvgIpc) is 3.34. The lowest BCUT2D eigenvalue weighted by Crippen LogP contribution is -2.52. The quantitative estimate of drug-likeness (QED) is 0.828. The summed E-state index contributed by atoms with van der Waals surface area (Å²) in [6.45, 7) is 4.25. The molecule has 1 aromatic carbocycles. The Bertz CT molecular complexity index is 925. The molecule has 148 valence electrons. The molecule has 2 atom stereocenters. The molecule has 2 aliphatic heterocycles. The van der Waals surface area contributed by atoms with E-state index in [2.05, 4.69) is 5.32 Å². The van der Waals surface area contributed by atoms with E-state index >= 15 is 0 Å². The van der Waals surface area contributed by atoms with Crippen LogP contribution < -0.4 is 14.8 Å². The van der Waals surface area contributed by atoms with Crippen molar-refractivity contribution in [2.75, 3.05) is 14.2 Å². The maximum atomic E-state index is 13.3. The largest absolute Gasteiger partial charge is 0.493 e. The first-order valence-corrected chi connectivity index (χ1v) is 9.82. The van der Waals surface area contributed by atoms with E-state index in [0.717, 1.165) is 5.56 Å². The van der Waals surface area contributed by atoms with Crippen molar-refractivity contribution in [3.8, 4) is 11.5 Å². The van der Waals surface area contributed by atoms with Gasteiger partial charge >= 0.3 is 0 Å². The van der Waals surface area contributed by atoms with Crippen molar-refractivity contribution in [2.24, 2.45) is 0 Å². The molecule has 3 heterocycles. The number of hydrogen-bond acceptors (Lipinski definition) is 6. The monoisotopic (exact) mass is 402 g/mol.